The Morgan fingerprint density at radius 3 is 2.37 bits per heavy atom. The molecule has 4 rings (SSSR count). The van der Waals surface area contributed by atoms with E-state index >= 15 is 0 Å². The van der Waals surface area contributed by atoms with Crippen LogP contribution in [0, 0.1) is 5.92 Å². The Kier molecular flexibility index (Phi) is 3.33. The zero-order chi connectivity index (χ0) is 12.8. The first-order chi connectivity index (χ1) is 9.36. The lowest BCUT2D eigenvalue weighted by Crippen LogP contribution is -2.61. The summed E-state index contributed by atoms with van der Waals surface area (Å²) in [4.78, 5) is 2.92. The number of hydrogen-bond donors (Lipinski definition) is 1. The number of piperidine rings is 2. The second-order valence-electron chi connectivity index (χ2n) is 7.17. The Labute approximate surface area is 117 Å². The summed E-state index contributed by atoms with van der Waals surface area (Å²) < 4.78 is 6.10. The van der Waals surface area contributed by atoms with Gasteiger partial charge in [-0.1, -0.05) is 6.42 Å². The fraction of sp³-hybridized carbons (Fsp3) is 1.00. The highest BCUT2D eigenvalue weighted by Crippen LogP contribution is 2.44. The van der Waals surface area contributed by atoms with Crippen LogP contribution in [-0.2, 0) is 4.74 Å². The minimum Gasteiger partial charge on any atom is -0.376 e. The molecule has 3 heteroatoms. The van der Waals surface area contributed by atoms with Crippen molar-refractivity contribution in [2.75, 3.05) is 13.7 Å². The average Bonchev–Trinajstić information content (AvgIpc) is 3.15. The number of nitrogens with one attached hydrogen (secondary N) is 1. The Morgan fingerprint density at radius 2 is 1.74 bits per heavy atom. The van der Waals surface area contributed by atoms with E-state index in [9.17, 15) is 0 Å². The average molecular weight is 264 g/mol. The Morgan fingerprint density at radius 1 is 1.00 bits per heavy atom. The van der Waals surface area contributed by atoms with Crippen molar-refractivity contribution >= 4 is 0 Å². The van der Waals surface area contributed by atoms with Crippen molar-refractivity contribution in [1.82, 2.24) is 10.2 Å². The van der Waals surface area contributed by atoms with Crippen molar-refractivity contribution < 1.29 is 4.74 Å². The van der Waals surface area contributed by atoms with E-state index in [2.05, 4.69) is 17.3 Å². The SMILES string of the molecule is CNC1CC2CCCC(C1)N2C1CCOC1C1CC1. The Balaban J connectivity index is 1.53. The Bertz CT molecular complexity index is 317. The van der Waals surface area contributed by atoms with E-state index in [1.807, 2.05) is 0 Å². The summed E-state index contributed by atoms with van der Waals surface area (Å²) in [5.41, 5.74) is 0. The van der Waals surface area contributed by atoms with Crippen molar-refractivity contribution in [2.45, 2.75) is 81.6 Å². The third-order valence-electron chi connectivity index (χ3n) is 6.01. The summed E-state index contributed by atoms with van der Waals surface area (Å²) in [5, 5.41) is 3.53. The van der Waals surface area contributed by atoms with Crippen molar-refractivity contribution in [3.8, 4) is 0 Å². The monoisotopic (exact) mass is 264 g/mol. The lowest BCUT2D eigenvalue weighted by molar-refractivity contribution is -0.0420. The fourth-order valence-corrected chi connectivity index (χ4v) is 4.99. The van der Waals surface area contributed by atoms with Gasteiger partial charge in [0.2, 0.25) is 0 Å². The molecule has 4 atom stereocenters. The second kappa shape index (κ2) is 5.01. The van der Waals surface area contributed by atoms with Crippen molar-refractivity contribution in [2.24, 2.45) is 5.92 Å². The van der Waals surface area contributed by atoms with Crippen LogP contribution in [0.3, 0.4) is 0 Å². The molecule has 0 radical (unpaired) electrons. The summed E-state index contributed by atoms with van der Waals surface area (Å²) in [6, 6.07) is 3.17. The largest absolute Gasteiger partial charge is 0.376 e. The minimum atomic E-state index is 0.578. The minimum absolute atomic E-state index is 0.578. The number of rotatable bonds is 3. The van der Waals surface area contributed by atoms with Gasteiger partial charge in [-0.25, -0.2) is 0 Å². The van der Waals surface area contributed by atoms with Gasteiger partial charge in [-0.15, -0.1) is 0 Å². The van der Waals surface area contributed by atoms with Crippen LogP contribution in [0.2, 0.25) is 0 Å². The van der Waals surface area contributed by atoms with E-state index in [1.54, 1.807) is 0 Å². The van der Waals surface area contributed by atoms with Crippen LogP contribution in [0.25, 0.3) is 0 Å². The Hall–Kier alpha value is -0.120. The molecule has 0 aromatic rings. The molecule has 3 heterocycles. The topological polar surface area (TPSA) is 24.5 Å². The molecule has 0 amide bonds. The zero-order valence-electron chi connectivity index (χ0n) is 12.2. The van der Waals surface area contributed by atoms with Crippen LogP contribution >= 0.6 is 0 Å². The van der Waals surface area contributed by atoms with Crippen molar-refractivity contribution in [3.63, 3.8) is 0 Å². The summed E-state index contributed by atoms with van der Waals surface area (Å²) in [5.74, 6) is 0.898. The number of nitrogens with zero attached hydrogens (tertiary/aromatic N) is 1. The van der Waals surface area contributed by atoms with Crippen LogP contribution in [0.4, 0.5) is 0 Å². The summed E-state index contributed by atoms with van der Waals surface area (Å²) in [7, 11) is 2.14. The first-order valence-corrected chi connectivity index (χ1v) is 8.43. The summed E-state index contributed by atoms with van der Waals surface area (Å²) in [6.07, 6.45) is 11.7. The summed E-state index contributed by atoms with van der Waals surface area (Å²) >= 11 is 0. The van der Waals surface area contributed by atoms with E-state index < -0.39 is 0 Å². The van der Waals surface area contributed by atoms with Crippen LogP contribution in [0.5, 0.6) is 0 Å². The van der Waals surface area contributed by atoms with E-state index in [0.29, 0.717) is 6.10 Å². The molecular weight excluding hydrogens is 236 g/mol. The van der Waals surface area contributed by atoms with E-state index in [4.69, 9.17) is 4.74 Å². The molecule has 1 N–H and O–H groups in total. The molecular formula is C16H28N2O. The second-order valence-corrected chi connectivity index (χ2v) is 7.17. The molecule has 1 aliphatic carbocycles. The van der Waals surface area contributed by atoms with Crippen LogP contribution in [0.15, 0.2) is 0 Å². The predicted molar refractivity (Wildman–Crippen MR) is 76.2 cm³/mol. The maximum absolute atomic E-state index is 6.10. The van der Waals surface area contributed by atoms with Gasteiger partial charge in [-0.3, -0.25) is 4.90 Å². The number of ether oxygens (including phenoxy) is 1. The van der Waals surface area contributed by atoms with Gasteiger partial charge in [0.1, 0.15) is 0 Å². The van der Waals surface area contributed by atoms with E-state index in [1.165, 1.54) is 51.4 Å². The first-order valence-electron chi connectivity index (χ1n) is 8.43. The van der Waals surface area contributed by atoms with E-state index in [-0.39, 0.29) is 0 Å². The molecule has 108 valence electrons. The van der Waals surface area contributed by atoms with Gasteiger partial charge < -0.3 is 10.1 Å². The molecule has 0 aromatic heterocycles. The normalized spacial score (nSPS) is 47.5. The van der Waals surface area contributed by atoms with Gasteiger partial charge in [0.15, 0.2) is 0 Å². The van der Waals surface area contributed by atoms with E-state index in [0.717, 1.165) is 36.7 Å². The summed E-state index contributed by atoms with van der Waals surface area (Å²) in [6.45, 7) is 1.01. The van der Waals surface area contributed by atoms with Crippen LogP contribution in [0.1, 0.15) is 51.4 Å². The molecule has 2 bridgehead atoms. The highest BCUT2D eigenvalue weighted by atomic mass is 16.5. The van der Waals surface area contributed by atoms with Gasteiger partial charge in [-0.2, -0.15) is 0 Å². The molecule has 4 fully saturated rings. The lowest BCUT2D eigenvalue weighted by atomic mass is 9.79. The number of fused-ring (bicyclic) bond motifs is 2. The number of hydrogen-bond acceptors (Lipinski definition) is 3. The molecule has 0 aromatic carbocycles. The highest BCUT2D eigenvalue weighted by molar-refractivity contribution is 5.03. The van der Waals surface area contributed by atoms with Gasteiger partial charge in [0.05, 0.1) is 6.10 Å². The van der Waals surface area contributed by atoms with Gasteiger partial charge in [-0.05, 0) is 57.9 Å². The first kappa shape index (κ1) is 12.6. The molecule has 19 heavy (non-hydrogen) atoms. The molecule has 3 nitrogen and oxygen atoms in total. The molecule has 4 unspecified atom stereocenters. The van der Waals surface area contributed by atoms with Gasteiger partial charge in [0.25, 0.3) is 0 Å². The van der Waals surface area contributed by atoms with Crippen LogP contribution < -0.4 is 5.32 Å². The third-order valence-corrected chi connectivity index (χ3v) is 6.01. The molecule has 3 aliphatic heterocycles. The van der Waals surface area contributed by atoms with Crippen LogP contribution in [-0.4, -0.2) is 48.8 Å². The molecule has 3 saturated heterocycles. The quantitative estimate of drug-likeness (QED) is 0.845. The van der Waals surface area contributed by atoms with Gasteiger partial charge in [0, 0.05) is 30.8 Å². The maximum Gasteiger partial charge on any atom is 0.0759 e. The maximum atomic E-state index is 6.10. The lowest BCUT2D eigenvalue weighted by Gasteiger charge is -2.52. The zero-order valence-corrected chi connectivity index (χ0v) is 12.2. The molecule has 1 saturated carbocycles. The molecule has 4 aliphatic rings. The highest BCUT2D eigenvalue weighted by Gasteiger charge is 2.49. The van der Waals surface area contributed by atoms with Gasteiger partial charge >= 0.3 is 0 Å². The van der Waals surface area contributed by atoms with Crippen molar-refractivity contribution in [3.05, 3.63) is 0 Å². The third kappa shape index (κ3) is 2.24. The smallest absolute Gasteiger partial charge is 0.0759 e. The standard InChI is InChI=1S/C16H28N2O/c1-17-12-9-13-3-2-4-14(10-12)18(13)15-7-8-19-16(15)11-5-6-11/h11-17H,2-10H2,1H3. The fourth-order valence-electron chi connectivity index (χ4n) is 4.99. The predicted octanol–water partition coefficient (Wildman–Crippen LogP) is 2.16. The van der Waals surface area contributed by atoms with Crippen molar-refractivity contribution in [1.29, 1.82) is 0 Å². The molecule has 0 spiro atoms.